The average Bonchev–Trinajstić information content (AvgIpc) is 3.19. The highest BCUT2D eigenvalue weighted by molar-refractivity contribution is 5.92. The van der Waals surface area contributed by atoms with Gasteiger partial charge in [-0.1, -0.05) is 13.0 Å². The summed E-state index contributed by atoms with van der Waals surface area (Å²) in [6.07, 6.45) is 8.64. The van der Waals surface area contributed by atoms with E-state index in [4.69, 9.17) is 17.3 Å². The number of nitrogen functional groups attached to an aromatic ring is 1. The van der Waals surface area contributed by atoms with Crippen LogP contribution >= 0.6 is 0 Å². The first-order valence-corrected chi connectivity index (χ1v) is 11.1. The van der Waals surface area contributed by atoms with Crippen LogP contribution in [0.5, 0.6) is 0 Å². The van der Waals surface area contributed by atoms with E-state index in [-0.39, 0.29) is 11.5 Å². The van der Waals surface area contributed by atoms with Crippen molar-refractivity contribution in [1.29, 1.82) is 0 Å². The standard InChI is InChI=1S/C14H20N6O.C9H12N2/c1-9(21)13(15)8-20(16)5-10-3-17-14(18-4-10)19-6-11-2-12(11)7-19;1-6-2-4-8-7(6)3-5-9(10)11-8/h3-4,8,11-12H,2,5-7,15-16H2,1H3;3,5-6H,2,4H2,1H3,(H2,10,11)/b13-8-;. The minimum absolute atomic E-state index is 0.131. The highest BCUT2D eigenvalue weighted by atomic mass is 16.1. The molecule has 0 radical (unpaired) electrons. The number of hydrogen-bond acceptors (Lipinski definition) is 9. The van der Waals surface area contributed by atoms with Crippen LogP contribution in [-0.2, 0) is 17.8 Å². The first kappa shape index (κ1) is 22.0. The molecule has 170 valence electrons. The Bertz CT molecular complexity index is 996. The van der Waals surface area contributed by atoms with E-state index in [0.29, 0.717) is 18.3 Å². The van der Waals surface area contributed by atoms with Gasteiger partial charge in [0, 0.05) is 49.9 Å². The maximum absolute atomic E-state index is 11.0. The number of rotatable bonds is 5. The van der Waals surface area contributed by atoms with Crippen molar-refractivity contribution in [2.75, 3.05) is 23.7 Å². The second-order valence-corrected chi connectivity index (χ2v) is 9.08. The number of piperidine rings is 1. The molecule has 1 aliphatic heterocycles. The summed E-state index contributed by atoms with van der Waals surface area (Å²) in [6, 6.07) is 4.00. The third-order valence-corrected chi connectivity index (χ3v) is 6.41. The number of fused-ring (bicyclic) bond motifs is 2. The minimum atomic E-state index is -0.204. The molecular formula is C23H32N8O. The predicted octanol–water partition coefficient (Wildman–Crippen LogP) is 1.71. The van der Waals surface area contributed by atoms with Gasteiger partial charge in [-0.05, 0) is 48.6 Å². The summed E-state index contributed by atoms with van der Waals surface area (Å²) in [5.41, 5.74) is 14.7. The Hall–Kier alpha value is -3.20. The Morgan fingerprint density at radius 2 is 1.94 bits per heavy atom. The molecule has 5 rings (SSSR count). The smallest absolute Gasteiger partial charge is 0.225 e. The Balaban J connectivity index is 0.000000186. The molecule has 3 atom stereocenters. The van der Waals surface area contributed by atoms with Gasteiger partial charge in [0.1, 0.15) is 5.82 Å². The second-order valence-electron chi connectivity index (χ2n) is 9.08. The van der Waals surface area contributed by atoms with Crippen LogP contribution in [0.1, 0.15) is 49.4 Å². The average molecular weight is 437 g/mol. The van der Waals surface area contributed by atoms with Gasteiger partial charge in [-0.15, -0.1) is 0 Å². The third kappa shape index (κ3) is 5.16. The molecule has 2 fully saturated rings. The minimum Gasteiger partial charge on any atom is -0.395 e. The summed E-state index contributed by atoms with van der Waals surface area (Å²) in [5.74, 6) is 9.41. The Labute approximate surface area is 188 Å². The molecule has 32 heavy (non-hydrogen) atoms. The van der Waals surface area contributed by atoms with Gasteiger partial charge in [0.05, 0.1) is 12.2 Å². The van der Waals surface area contributed by atoms with E-state index in [0.717, 1.165) is 42.9 Å². The number of allylic oxidation sites excluding steroid dienone is 1. The normalized spacial score (nSPS) is 23.2. The number of aryl methyl sites for hydroxylation is 1. The zero-order valence-corrected chi connectivity index (χ0v) is 18.7. The summed E-state index contributed by atoms with van der Waals surface area (Å²) < 4.78 is 0. The number of hydrazine groups is 1. The molecule has 9 nitrogen and oxygen atoms in total. The van der Waals surface area contributed by atoms with Crippen LogP contribution < -0.4 is 22.2 Å². The molecule has 0 amide bonds. The number of carbonyl (C=O) groups is 1. The van der Waals surface area contributed by atoms with Crippen LogP contribution in [0.2, 0.25) is 0 Å². The van der Waals surface area contributed by atoms with Gasteiger partial charge in [0.2, 0.25) is 5.95 Å². The largest absolute Gasteiger partial charge is 0.395 e. The maximum Gasteiger partial charge on any atom is 0.225 e. The summed E-state index contributed by atoms with van der Waals surface area (Å²) in [6.45, 7) is 6.19. The monoisotopic (exact) mass is 436 g/mol. The fourth-order valence-corrected chi connectivity index (χ4v) is 4.37. The molecule has 0 spiro atoms. The fraction of sp³-hybridized carbons (Fsp3) is 0.478. The first-order chi connectivity index (χ1) is 15.3. The van der Waals surface area contributed by atoms with Crippen LogP contribution in [-0.4, -0.2) is 38.8 Å². The topological polar surface area (TPSA) is 140 Å². The highest BCUT2D eigenvalue weighted by Gasteiger charge is 2.45. The SMILES string of the molecule is CC(=O)/C(N)=C/N(N)Cc1cnc(N2CC3CC3C2)nc1.CC1CCc2nc(N)ccc21. The van der Waals surface area contributed by atoms with Crippen LogP contribution in [0.4, 0.5) is 11.8 Å². The quantitative estimate of drug-likeness (QED) is 0.363. The summed E-state index contributed by atoms with van der Waals surface area (Å²) in [7, 11) is 0. The molecule has 3 aliphatic rings. The van der Waals surface area contributed by atoms with Gasteiger partial charge in [0.25, 0.3) is 0 Å². The number of aromatic nitrogens is 3. The van der Waals surface area contributed by atoms with E-state index >= 15 is 0 Å². The highest BCUT2D eigenvalue weighted by Crippen LogP contribution is 2.45. The molecule has 6 N–H and O–H groups in total. The van der Waals surface area contributed by atoms with Gasteiger partial charge in [-0.2, -0.15) is 0 Å². The number of ketones is 1. The molecule has 0 bridgehead atoms. The van der Waals surface area contributed by atoms with Gasteiger partial charge in [0.15, 0.2) is 5.78 Å². The lowest BCUT2D eigenvalue weighted by Gasteiger charge is -2.18. The lowest BCUT2D eigenvalue weighted by molar-refractivity contribution is -0.113. The summed E-state index contributed by atoms with van der Waals surface area (Å²) in [5, 5.41) is 1.36. The lowest BCUT2D eigenvalue weighted by atomic mass is 10.1. The van der Waals surface area contributed by atoms with Crippen molar-refractivity contribution in [2.45, 2.75) is 45.6 Å². The number of anilines is 2. The van der Waals surface area contributed by atoms with Crippen molar-refractivity contribution in [1.82, 2.24) is 20.0 Å². The zero-order valence-electron chi connectivity index (χ0n) is 18.7. The Kier molecular flexibility index (Phi) is 6.27. The molecule has 3 unspecified atom stereocenters. The number of pyridine rings is 1. The van der Waals surface area contributed by atoms with Crippen LogP contribution in [0.25, 0.3) is 0 Å². The van der Waals surface area contributed by atoms with E-state index in [1.807, 2.05) is 6.07 Å². The van der Waals surface area contributed by atoms with Gasteiger partial charge < -0.3 is 21.4 Å². The second kappa shape index (κ2) is 9.12. The number of nitrogens with zero attached hydrogens (tertiary/aromatic N) is 5. The number of nitrogens with two attached hydrogens (primary N) is 3. The molecular weight excluding hydrogens is 404 g/mol. The van der Waals surface area contributed by atoms with Crippen molar-refractivity contribution < 1.29 is 4.79 Å². The molecule has 2 aliphatic carbocycles. The maximum atomic E-state index is 11.0. The summed E-state index contributed by atoms with van der Waals surface area (Å²) in [4.78, 5) is 26.4. The lowest BCUT2D eigenvalue weighted by Crippen LogP contribution is -2.28. The molecule has 1 saturated heterocycles. The fourth-order valence-electron chi connectivity index (χ4n) is 4.37. The van der Waals surface area contributed by atoms with Gasteiger partial charge in [-0.25, -0.2) is 20.8 Å². The van der Waals surface area contributed by atoms with E-state index in [1.54, 1.807) is 12.4 Å². The van der Waals surface area contributed by atoms with E-state index < -0.39 is 0 Å². The molecule has 3 heterocycles. The van der Waals surface area contributed by atoms with Crippen LogP contribution in [0, 0.1) is 11.8 Å². The third-order valence-electron chi connectivity index (χ3n) is 6.41. The van der Waals surface area contributed by atoms with Gasteiger partial charge >= 0.3 is 0 Å². The van der Waals surface area contributed by atoms with Crippen molar-refractivity contribution in [3.63, 3.8) is 0 Å². The van der Waals surface area contributed by atoms with E-state index in [2.05, 4.69) is 32.8 Å². The van der Waals surface area contributed by atoms with E-state index in [9.17, 15) is 4.79 Å². The molecule has 0 aromatic carbocycles. The first-order valence-electron chi connectivity index (χ1n) is 11.1. The molecule has 2 aromatic rings. The molecule has 1 saturated carbocycles. The Morgan fingerprint density at radius 1 is 1.25 bits per heavy atom. The van der Waals surface area contributed by atoms with Crippen molar-refractivity contribution in [2.24, 2.45) is 23.4 Å². The van der Waals surface area contributed by atoms with Crippen LogP contribution in [0.3, 0.4) is 0 Å². The van der Waals surface area contributed by atoms with Crippen molar-refractivity contribution in [3.8, 4) is 0 Å². The number of Topliss-reactive ketones (excluding diaryl/α,β-unsaturated/α-hetero) is 1. The molecule has 2 aromatic heterocycles. The zero-order chi connectivity index (χ0) is 22.8. The van der Waals surface area contributed by atoms with E-state index in [1.165, 1.54) is 42.2 Å². The number of carbonyl (C=O) groups excluding carboxylic acids is 1. The molecule has 9 heteroatoms. The van der Waals surface area contributed by atoms with Gasteiger partial charge in [-0.3, -0.25) is 4.79 Å². The van der Waals surface area contributed by atoms with Crippen molar-refractivity contribution in [3.05, 3.63) is 53.2 Å². The van der Waals surface area contributed by atoms with Crippen molar-refractivity contribution >= 4 is 17.5 Å². The number of hydrogen-bond donors (Lipinski definition) is 3. The summed E-state index contributed by atoms with van der Waals surface area (Å²) >= 11 is 0. The Morgan fingerprint density at radius 3 is 2.59 bits per heavy atom. The van der Waals surface area contributed by atoms with Crippen LogP contribution in [0.15, 0.2) is 36.4 Å². The predicted molar refractivity (Wildman–Crippen MR) is 124 cm³/mol.